The summed E-state index contributed by atoms with van der Waals surface area (Å²) in [6.07, 6.45) is 8.75. The van der Waals surface area contributed by atoms with Gasteiger partial charge in [0, 0.05) is 6.54 Å². The number of rotatable bonds is 9. The van der Waals surface area contributed by atoms with Crippen molar-refractivity contribution in [3.05, 3.63) is 69.2 Å². The maximum Gasteiger partial charge on any atom is 0.161 e. The van der Waals surface area contributed by atoms with Gasteiger partial charge in [-0.1, -0.05) is 47.0 Å². The number of halogens is 2. The lowest BCUT2D eigenvalue weighted by atomic mass is 9.97. The second-order valence-corrected chi connectivity index (χ2v) is 7.87. The third kappa shape index (κ3) is 6.16. The highest BCUT2D eigenvalue weighted by atomic mass is 35.5. The molecule has 0 saturated heterocycles. The van der Waals surface area contributed by atoms with Gasteiger partial charge in [-0.05, 0) is 74.0 Å². The second kappa shape index (κ2) is 10.8. The van der Waals surface area contributed by atoms with E-state index in [1.54, 1.807) is 18.7 Å². The summed E-state index contributed by atoms with van der Waals surface area (Å²) < 4.78 is 11.4. The minimum Gasteiger partial charge on any atom is -0.493 e. The van der Waals surface area contributed by atoms with Crippen molar-refractivity contribution in [2.45, 2.75) is 45.3 Å². The number of allylic oxidation sites excluding steroid dienone is 1. The molecule has 0 amide bonds. The van der Waals surface area contributed by atoms with E-state index in [0.29, 0.717) is 22.4 Å². The summed E-state index contributed by atoms with van der Waals surface area (Å²) >= 11 is 12.0. The second-order valence-electron chi connectivity index (χ2n) is 7.06. The molecule has 0 atom stereocenters. The molecule has 2 aromatic carbocycles. The number of benzene rings is 2. The standard InChI is InChI=1S/C23H27Cl2NO2/c1-27-23-14-18(15-26-12-11-17-5-3-2-4-6-17)8-10-22(23)28-16-19-7-9-20(24)21(25)13-19/h5,7-10,13-14,26H,2-4,6,11-12,15-16H2,1H3. The topological polar surface area (TPSA) is 30.5 Å². The van der Waals surface area contributed by atoms with Gasteiger partial charge in [0.2, 0.25) is 0 Å². The molecule has 1 aliphatic carbocycles. The maximum absolute atomic E-state index is 6.06. The molecule has 1 N–H and O–H groups in total. The minimum absolute atomic E-state index is 0.403. The number of ether oxygens (including phenoxy) is 2. The summed E-state index contributed by atoms with van der Waals surface area (Å²) in [5.74, 6) is 1.44. The van der Waals surface area contributed by atoms with E-state index in [1.807, 2.05) is 24.3 Å². The number of hydrogen-bond acceptors (Lipinski definition) is 3. The molecule has 0 saturated carbocycles. The Bertz CT molecular complexity index is 820. The fourth-order valence-corrected chi connectivity index (χ4v) is 3.67. The number of hydrogen-bond donors (Lipinski definition) is 1. The van der Waals surface area contributed by atoms with Crippen LogP contribution in [-0.4, -0.2) is 13.7 Å². The van der Waals surface area contributed by atoms with E-state index in [1.165, 1.54) is 31.2 Å². The van der Waals surface area contributed by atoms with Crippen LogP contribution in [0.25, 0.3) is 0 Å². The first-order valence-corrected chi connectivity index (χ1v) is 10.5. The zero-order chi connectivity index (χ0) is 19.8. The molecule has 1 aliphatic rings. The quantitative estimate of drug-likeness (QED) is 0.368. The molecule has 2 aromatic rings. The van der Waals surface area contributed by atoms with Crippen LogP contribution in [0.3, 0.4) is 0 Å². The van der Waals surface area contributed by atoms with Crippen molar-refractivity contribution in [3.63, 3.8) is 0 Å². The van der Waals surface area contributed by atoms with Crippen molar-refractivity contribution in [1.29, 1.82) is 0 Å². The third-order valence-electron chi connectivity index (χ3n) is 4.94. The molecule has 0 unspecified atom stereocenters. The first kappa shape index (κ1) is 21.0. The van der Waals surface area contributed by atoms with Gasteiger partial charge < -0.3 is 14.8 Å². The fraction of sp³-hybridized carbons (Fsp3) is 0.391. The molecule has 0 spiro atoms. The Morgan fingerprint density at radius 2 is 1.82 bits per heavy atom. The molecule has 5 heteroatoms. The average Bonchev–Trinajstić information content (AvgIpc) is 2.73. The van der Waals surface area contributed by atoms with Crippen molar-refractivity contribution in [1.82, 2.24) is 5.32 Å². The van der Waals surface area contributed by atoms with Crippen molar-refractivity contribution in [2.75, 3.05) is 13.7 Å². The van der Waals surface area contributed by atoms with Gasteiger partial charge in [0.25, 0.3) is 0 Å². The summed E-state index contributed by atoms with van der Waals surface area (Å²) in [5.41, 5.74) is 3.73. The highest BCUT2D eigenvalue weighted by Gasteiger charge is 2.08. The number of methoxy groups -OCH3 is 1. The van der Waals surface area contributed by atoms with Crippen molar-refractivity contribution in [3.8, 4) is 11.5 Å². The lowest BCUT2D eigenvalue weighted by Gasteiger charge is -2.14. The predicted molar refractivity (Wildman–Crippen MR) is 117 cm³/mol. The van der Waals surface area contributed by atoms with Crippen LogP contribution in [0.1, 0.15) is 43.2 Å². The molecule has 3 nitrogen and oxygen atoms in total. The zero-order valence-corrected chi connectivity index (χ0v) is 17.8. The smallest absolute Gasteiger partial charge is 0.161 e. The summed E-state index contributed by atoms with van der Waals surface area (Å²) in [6, 6.07) is 11.5. The largest absolute Gasteiger partial charge is 0.493 e. The maximum atomic E-state index is 6.06. The lowest BCUT2D eigenvalue weighted by Crippen LogP contribution is -2.15. The van der Waals surface area contributed by atoms with Crippen LogP contribution in [0.5, 0.6) is 11.5 Å². The van der Waals surface area contributed by atoms with E-state index in [4.69, 9.17) is 32.7 Å². The van der Waals surface area contributed by atoms with E-state index in [-0.39, 0.29) is 0 Å². The fourth-order valence-electron chi connectivity index (χ4n) is 3.35. The van der Waals surface area contributed by atoms with Crippen LogP contribution in [0.15, 0.2) is 48.0 Å². The Morgan fingerprint density at radius 3 is 2.57 bits per heavy atom. The Hall–Kier alpha value is -1.68. The van der Waals surface area contributed by atoms with E-state index in [9.17, 15) is 0 Å². The molecular weight excluding hydrogens is 393 g/mol. The van der Waals surface area contributed by atoms with Crippen LogP contribution in [0, 0.1) is 0 Å². The van der Waals surface area contributed by atoms with Gasteiger partial charge in [-0.2, -0.15) is 0 Å². The van der Waals surface area contributed by atoms with Gasteiger partial charge in [0.1, 0.15) is 6.61 Å². The van der Waals surface area contributed by atoms with Crippen molar-refractivity contribution >= 4 is 23.2 Å². The van der Waals surface area contributed by atoms with Gasteiger partial charge in [0.15, 0.2) is 11.5 Å². The predicted octanol–water partition coefficient (Wildman–Crippen LogP) is 6.56. The van der Waals surface area contributed by atoms with E-state index < -0.39 is 0 Å². The molecule has 28 heavy (non-hydrogen) atoms. The first-order chi connectivity index (χ1) is 13.7. The average molecular weight is 420 g/mol. The number of nitrogens with one attached hydrogen (secondary N) is 1. The Balaban J connectivity index is 1.51. The van der Waals surface area contributed by atoms with Gasteiger partial charge in [-0.25, -0.2) is 0 Å². The Labute approximate surface area is 177 Å². The SMILES string of the molecule is COc1cc(CNCCC2=CCCCC2)ccc1OCc1ccc(Cl)c(Cl)c1. The van der Waals surface area contributed by atoms with Gasteiger partial charge in [0.05, 0.1) is 17.2 Å². The third-order valence-corrected chi connectivity index (χ3v) is 5.68. The molecule has 3 rings (SSSR count). The Morgan fingerprint density at radius 1 is 0.964 bits per heavy atom. The van der Waals surface area contributed by atoms with Crippen LogP contribution in [0.4, 0.5) is 0 Å². The molecule has 0 bridgehead atoms. The summed E-state index contributed by atoms with van der Waals surface area (Å²) in [6.45, 7) is 2.22. The highest BCUT2D eigenvalue weighted by Crippen LogP contribution is 2.30. The summed E-state index contributed by atoms with van der Waals surface area (Å²) in [4.78, 5) is 0. The van der Waals surface area contributed by atoms with Crippen LogP contribution in [0.2, 0.25) is 10.0 Å². The first-order valence-electron chi connectivity index (χ1n) is 9.78. The van der Waals surface area contributed by atoms with E-state index >= 15 is 0 Å². The Kier molecular flexibility index (Phi) is 8.08. The highest BCUT2D eigenvalue weighted by molar-refractivity contribution is 6.42. The van der Waals surface area contributed by atoms with Crippen molar-refractivity contribution in [2.24, 2.45) is 0 Å². The van der Waals surface area contributed by atoms with Crippen LogP contribution < -0.4 is 14.8 Å². The van der Waals surface area contributed by atoms with E-state index in [0.717, 1.165) is 30.8 Å². The van der Waals surface area contributed by atoms with Gasteiger partial charge >= 0.3 is 0 Å². The molecule has 0 aliphatic heterocycles. The molecular formula is C23H27Cl2NO2. The lowest BCUT2D eigenvalue weighted by molar-refractivity contribution is 0.284. The molecule has 150 valence electrons. The normalized spacial score (nSPS) is 13.9. The molecule has 0 aromatic heterocycles. The summed E-state index contributed by atoms with van der Waals surface area (Å²) in [5, 5.41) is 4.59. The van der Waals surface area contributed by atoms with Crippen LogP contribution >= 0.6 is 23.2 Å². The minimum atomic E-state index is 0.403. The van der Waals surface area contributed by atoms with E-state index in [2.05, 4.69) is 17.5 Å². The van der Waals surface area contributed by atoms with Crippen molar-refractivity contribution < 1.29 is 9.47 Å². The molecule has 0 radical (unpaired) electrons. The monoisotopic (exact) mass is 419 g/mol. The molecule has 0 heterocycles. The molecule has 0 fully saturated rings. The van der Waals surface area contributed by atoms with Gasteiger partial charge in [-0.15, -0.1) is 0 Å². The summed E-state index contributed by atoms with van der Waals surface area (Å²) in [7, 11) is 1.66. The van der Waals surface area contributed by atoms with Gasteiger partial charge in [-0.3, -0.25) is 0 Å². The zero-order valence-electron chi connectivity index (χ0n) is 16.3. The van der Waals surface area contributed by atoms with Crippen LogP contribution in [-0.2, 0) is 13.2 Å².